The van der Waals surface area contributed by atoms with Crippen LogP contribution in [0.25, 0.3) is 0 Å². The number of nitrogens with one attached hydrogen (secondary N) is 1. The van der Waals surface area contributed by atoms with E-state index in [0.29, 0.717) is 24.1 Å². The quantitative estimate of drug-likeness (QED) is 0.828. The zero-order valence-corrected chi connectivity index (χ0v) is 15.3. The zero-order chi connectivity index (χ0) is 17.0. The van der Waals surface area contributed by atoms with Crippen LogP contribution < -0.4 is 14.8 Å². The topological polar surface area (TPSA) is 50.8 Å². The third kappa shape index (κ3) is 4.12. The van der Waals surface area contributed by atoms with Crippen molar-refractivity contribution in [3.05, 3.63) is 23.8 Å². The predicted molar refractivity (Wildman–Crippen MR) is 94.2 cm³/mol. The van der Waals surface area contributed by atoms with Crippen LogP contribution in [0.2, 0.25) is 0 Å². The molecule has 1 aromatic rings. The van der Waals surface area contributed by atoms with Crippen molar-refractivity contribution in [1.82, 2.24) is 10.2 Å². The number of methoxy groups -OCH3 is 2. The third-order valence-corrected chi connectivity index (χ3v) is 5.24. The fourth-order valence-electron chi connectivity index (χ4n) is 2.64. The minimum Gasteiger partial charge on any atom is -0.493 e. The molecule has 1 saturated heterocycles. The molecular formula is C17H26N2O3S. The normalized spacial score (nSPS) is 21.1. The Morgan fingerprint density at radius 2 is 1.96 bits per heavy atom. The SMILES string of the molecule is COc1ccc([C@H]2S[C@H](C)C(=O)N2CCNC(C)C)cc1OC. The highest BCUT2D eigenvalue weighted by Crippen LogP contribution is 2.44. The Morgan fingerprint density at radius 1 is 1.26 bits per heavy atom. The van der Waals surface area contributed by atoms with Gasteiger partial charge in [0.25, 0.3) is 0 Å². The summed E-state index contributed by atoms with van der Waals surface area (Å²) < 4.78 is 10.7. The molecule has 2 rings (SSSR count). The number of carbonyl (C=O) groups excluding carboxylic acids is 1. The maximum atomic E-state index is 12.5. The summed E-state index contributed by atoms with van der Waals surface area (Å²) in [6, 6.07) is 6.28. The van der Waals surface area contributed by atoms with Crippen LogP contribution in [-0.2, 0) is 4.79 Å². The van der Waals surface area contributed by atoms with Gasteiger partial charge in [-0.15, -0.1) is 11.8 Å². The first kappa shape index (κ1) is 17.9. The van der Waals surface area contributed by atoms with Gasteiger partial charge in [0.05, 0.1) is 19.5 Å². The van der Waals surface area contributed by atoms with Gasteiger partial charge in [-0.2, -0.15) is 0 Å². The lowest BCUT2D eigenvalue weighted by atomic mass is 10.1. The van der Waals surface area contributed by atoms with E-state index in [0.717, 1.165) is 12.1 Å². The van der Waals surface area contributed by atoms with Crippen LogP contribution in [0.4, 0.5) is 0 Å². The Morgan fingerprint density at radius 3 is 2.57 bits per heavy atom. The largest absolute Gasteiger partial charge is 0.493 e. The molecule has 1 heterocycles. The van der Waals surface area contributed by atoms with E-state index >= 15 is 0 Å². The van der Waals surface area contributed by atoms with Gasteiger partial charge in [-0.25, -0.2) is 0 Å². The fraction of sp³-hybridized carbons (Fsp3) is 0.588. The molecular weight excluding hydrogens is 312 g/mol. The molecule has 0 aromatic heterocycles. The first-order valence-electron chi connectivity index (χ1n) is 7.89. The number of thioether (sulfide) groups is 1. The Hall–Kier alpha value is -1.40. The first-order chi connectivity index (χ1) is 11.0. The van der Waals surface area contributed by atoms with E-state index in [4.69, 9.17) is 9.47 Å². The van der Waals surface area contributed by atoms with E-state index in [1.807, 2.05) is 30.0 Å². The molecule has 2 atom stereocenters. The summed E-state index contributed by atoms with van der Waals surface area (Å²) in [5.41, 5.74) is 1.06. The first-order valence-corrected chi connectivity index (χ1v) is 8.83. The molecule has 5 nitrogen and oxygen atoms in total. The molecule has 0 radical (unpaired) electrons. The summed E-state index contributed by atoms with van der Waals surface area (Å²) in [6.07, 6.45) is 0. The van der Waals surface area contributed by atoms with Gasteiger partial charge in [0.2, 0.25) is 5.91 Å². The average Bonchev–Trinajstić information content (AvgIpc) is 2.82. The number of carbonyl (C=O) groups is 1. The summed E-state index contributed by atoms with van der Waals surface area (Å²) in [5, 5.41) is 3.37. The van der Waals surface area contributed by atoms with Gasteiger partial charge in [0, 0.05) is 19.1 Å². The molecule has 128 valence electrons. The lowest BCUT2D eigenvalue weighted by molar-refractivity contribution is -0.129. The molecule has 1 aliphatic rings. The third-order valence-electron chi connectivity index (χ3n) is 3.84. The van der Waals surface area contributed by atoms with E-state index in [1.54, 1.807) is 26.0 Å². The molecule has 0 aliphatic carbocycles. The molecule has 0 bridgehead atoms. The van der Waals surface area contributed by atoms with Gasteiger partial charge in [-0.1, -0.05) is 19.9 Å². The van der Waals surface area contributed by atoms with Crippen LogP contribution in [0.5, 0.6) is 11.5 Å². The van der Waals surface area contributed by atoms with Gasteiger partial charge in [0.1, 0.15) is 5.37 Å². The number of amides is 1. The average molecular weight is 338 g/mol. The predicted octanol–water partition coefficient (Wildman–Crippen LogP) is 2.66. The van der Waals surface area contributed by atoms with Crippen LogP contribution in [0, 0.1) is 0 Å². The molecule has 6 heteroatoms. The summed E-state index contributed by atoms with van der Waals surface area (Å²) in [7, 11) is 3.25. The summed E-state index contributed by atoms with van der Waals surface area (Å²) >= 11 is 1.68. The highest BCUT2D eigenvalue weighted by Gasteiger charge is 2.38. The second-order valence-corrected chi connectivity index (χ2v) is 7.31. The van der Waals surface area contributed by atoms with Crippen LogP contribution >= 0.6 is 11.8 Å². The number of rotatable bonds is 7. The van der Waals surface area contributed by atoms with Gasteiger partial charge in [0.15, 0.2) is 11.5 Å². The van der Waals surface area contributed by atoms with E-state index < -0.39 is 0 Å². The number of benzene rings is 1. The molecule has 0 unspecified atom stereocenters. The Labute approximate surface area is 142 Å². The molecule has 23 heavy (non-hydrogen) atoms. The Bertz CT molecular complexity index is 551. The van der Waals surface area contributed by atoms with Crippen LogP contribution in [-0.4, -0.2) is 49.4 Å². The molecule has 1 N–H and O–H groups in total. The second kappa shape index (κ2) is 7.93. The van der Waals surface area contributed by atoms with E-state index in [9.17, 15) is 4.79 Å². The van der Waals surface area contributed by atoms with Gasteiger partial charge in [-0.05, 0) is 24.6 Å². The minimum atomic E-state index is -0.0212. The summed E-state index contributed by atoms with van der Waals surface area (Å²) in [5.74, 6) is 1.59. The van der Waals surface area contributed by atoms with E-state index in [2.05, 4.69) is 19.2 Å². The van der Waals surface area contributed by atoms with Crippen molar-refractivity contribution in [2.75, 3.05) is 27.3 Å². The van der Waals surface area contributed by atoms with Crippen molar-refractivity contribution >= 4 is 17.7 Å². The van der Waals surface area contributed by atoms with Gasteiger partial charge in [-0.3, -0.25) is 4.79 Å². The number of hydrogen-bond acceptors (Lipinski definition) is 5. The molecule has 0 saturated carbocycles. The van der Waals surface area contributed by atoms with Crippen molar-refractivity contribution in [2.45, 2.75) is 37.4 Å². The number of nitrogens with zero attached hydrogens (tertiary/aromatic N) is 1. The lowest BCUT2D eigenvalue weighted by Gasteiger charge is -2.25. The van der Waals surface area contributed by atoms with Crippen molar-refractivity contribution in [1.29, 1.82) is 0 Å². The van der Waals surface area contributed by atoms with Gasteiger partial charge < -0.3 is 19.7 Å². The van der Waals surface area contributed by atoms with Gasteiger partial charge >= 0.3 is 0 Å². The molecule has 1 aliphatic heterocycles. The van der Waals surface area contributed by atoms with Crippen molar-refractivity contribution in [3.63, 3.8) is 0 Å². The monoisotopic (exact) mass is 338 g/mol. The molecule has 1 amide bonds. The van der Waals surface area contributed by atoms with Crippen LogP contribution in [0.15, 0.2) is 18.2 Å². The van der Waals surface area contributed by atoms with E-state index in [-0.39, 0.29) is 16.5 Å². The number of ether oxygens (including phenoxy) is 2. The number of hydrogen-bond donors (Lipinski definition) is 1. The van der Waals surface area contributed by atoms with E-state index in [1.165, 1.54) is 0 Å². The fourth-order valence-corrected chi connectivity index (χ4v) is 3.94. The molecule has 1 fully saturated rings. The minimum absolute atomic E-state index is 0.0197. The maximum Gasteiger partial charge on any atom is 0.236 e. The summed E-state index contributed by atoms with van der Waals surface area (Å²) in [4.78, 5) is 14.4. The van der Waals surface area contributed by atoms with Crippen LogP contribution in [0.1, 0.15) is 31.7 Å². The zero-order valence-electron chi connectivity index (χ0n) is 14.5. The maximum absolute atomic E-state index is 12.5. The Kier molecular flexibility index (Phi) is 6.18. The van der Waals surface area contributed by atoms with Crippen molar-refractivity contribution in [3.8, 4) is 11.5 Å². The molecule has 1 aromatic carbocycles. The van der Waals surface area contributed by atoms with Crippen LogP contribution in [0.3, 0.4) is 0 Å². The van der Waals surface area contributed by atoms with Crippen molar-refractivity contribution < 1.29 is 14.3 Å². The second-order valence-electron chi connectivity index (χ2n) is 5.89. The summed E-state index contributed by atoms with van der Waals surface area (Å²) in [6.45, 7) is 7.68. The lowest BCUT2D eigenvalue weighted by Crippen LogP contribution is -2.38. The highest BCUT2D eigenvalue weighted by atomic mass is 32.2. The smallest absolute Gasteiger partial charge is 0.236 e. The van der Waals surface area contributed by atoms with Crippen molar-refractivity contribution in [2.24, 2.45) is 0 Å². The standard InChI is InChI=1S/C17H26N2O3S/c1-11(2)18-8-9-19-16(20)12(3)23-17(19)13-6-7-14(21-4)15(10-13)22-5/h6-7,10-12,17-18H,8-9H2,1-5H3/t12-,17-/m1/s1. The molecule has 0 spiro atoms. The Balaban J connectivity index is 2.19. The highest BCUT2D eigenvalue weighted by molar-refractivity contribution is 8.01.